The number of amides is 1. The van der Waals surface area contributed by atoms with Crippen molar-refractivity contribution < 1.29 is 9.18 Å². The molecule has 1 saturated carbocycles. The average Bonchev–Trinajstić information content (AvgIpc) is 2.94. The second-order valence-electron chi connectivity index (χ2n) is 3.73. The van der Waals surface area contributed by atoms with Crippen molar-refractivity contribution in [2.45, 2.75) is 19.8 Å². The molecule has 1 amide bonds. The smallest absolute Gasteiger partial charge is 0.227 e. The van der Waals surface area contributed by atoms with Crippen LogP contribution in [0.4, 0.5) is 10.1 Å². The number of anilines is 1. The van der Waals surface area contributed by atoms with E-state index < -0.39 is 0 Å². The standard InChI is InChI=1S/C11H12FNO/c1-7-2-5-9(6-10(7)12)13-11(14)8-3-4-8/h2,5-6,8H,3-4H2,1H3,(H,13,14). The normalized spacial score (nSPS) is 15.3. The highest BCUT2D eigenvalue weighted by molar-refractivity contribution is 5.94. The van der Waals surface area contributed by atoms with Gasteiger partial charge in [0, 0.05) is 11.6 Å². The van der Waals surface area contributed by atoms with E-state index in [0.29, 0.717) is 11.3 Å². The van der Waals surface area contributed by atoms with Gasteiger partial charge in [-0.3, -0.25) is 4.79 Å². The van der Waals surface area contributed by atoms with Gasteiger partial charge in [0.25, 0.3) is 0 Å². The molecule has 0 saturated heterocycles. The summed E-state index contributed by atoms with van der Waals surface area (Å²) in [5.74, 6) is -0.119. The van der Waals surface area contributed by atoms with Gasteiger partial charge in [-0.15, -0.1) is 0 Å². The van der Waals surface area contributed by atoms with Crippen molar-refractivity contribution in [1.82, 2.24) is 0 Å². The summed E-state index contributed by atoms with van der Waals surface area (Å²) in [6.45, 7) is 1.70. The van der Waals surface area contributed by atoms with Crippen LogP contribution in [0.2, 0.25) is 0 Å². The molecular formula is C11H12FNO. The van der Waals surface area contributed by atoms with E-state index in [1.807, 2.05) is 0 Å². The highest BCUT2D eigenvalue weighted by Crippen LogP contribution is 2.30. The molecule has 14 heavy (non-hydrogen) atoms. The zero-order valence-corrected chi connectivity index (χ0v) is 8.01. The summed E-state index contributed by atoms with van der Waals surface area (Å²) in [7, 11) is 0. The van der Waals surface area contributed by atoms with Crippen LogP contribution in [0.25, 0.3) is 0 Å². The van der Waals surface area contributed by atoms with Gasteiger partial charge in [-0.25, -0.2) is 4.39 Å². The molecule has 0 radical (unpaired) electrons. The molecule has 3 heteroatoms. The summed E-state index contributed by atoms with van der Waals surface area (Å²) in [5, 5.41) is 2.69. The number of nitrogens with one attached hydrogen (secondary N) is 1. The molecular weight excluding hydrogens is 181 g/mol. The SMILES string of the molecule is Cc1ccc(NC(=O)C2CC2)cc1F. The van der Waals surface area contributed by atoms with Gasteiger partial charge in [0.05, 0.1) is 0 Å². The van der Waals surface area contributed by atoms with Crippen LogP contribution in [0, 0.1) is 18.7 Å². The van der Waals surface area contributed by atoms with E-state index in [0.717, 1.165) is 12.8 Å². The molecule has 1 N–H and O–H groups in total. The second-order valence-corrected chi connectivity index (χ2v) is 3.73. The third kappa shape index (κ3) is 1.92. The average molecular weight is 193 g/mol. The molecule has 0 aliphatic heterocycles. The molecule has 74 valence electrons. The van der Waals surface area contributed by atoms with Crippen molar-refractivity contribution in [3.05, 3.63) is 29.6 Å². The van der Waals surface area contributed by atoms with E-state index in [1.54, 1.807) is 19.1 Å². The second kappa shape index (κ2) is 3.40. The molecule has 1 fully saturated rings. The molecule has 1 aromatic carbocycles. The number of aryl methyl sites for hydroxylation is 1. The van der Waals surface area contributed by atoms with Crippen LogP contribution in [0.5, 0.6) is 0 Å². The fourth-order valence-corrected chi connectivity index (χ4v) is 1.26. The van der Waals surface area contributed by atoms with Crippen molar-refractivity contribution in [1.29, 1.82) is 0 Å². The summed E-state index contributed by atoms with van der Waals surface area (Å²) in [6.07, 6.45) is 1.92. The minimum absolute atomic E-state index is 0.00764. The van der Waals surface area contributed by atoms with Crippen molar-refractivity contribution in [2.24, 2.45) is 5.92 Å². The Morgan fingerprint density at radius 1 is 1.50 bits per heavy atom. The van der Waals surface area contributed by atoms with E-state index in [9.17, 15) is 9.18 Å². The van der Waals surface area contributed by atoms with Crippen LogP contribution >= 0.6 is 0 Å². The molecule has 2 nitrogen and oxygen atoms in total. The lowest BCUT2D eigenvalue weighted by atomic mass is 10.2. The predicted molar refractivity (Wildman–Crippen MR) is 52.5 cm³/mol. The largest absolute Gasteiger partial charge is 0.326 e. The summed E-state index contributed by atoms with van der Waals surface area (Å²) in [6, 6.07) is 4.74. The first-order chi connectivity index (χ1) is 6.66. The van der Waals surface area contributed by atoms with Crippen LogP contribution in [-0.2, 0) is 4.79 Å². The number of benzene rings is 1. The van der Waals surface area contributed by atoms with Crippen LogP contribution in [0.3, 0.4) is 0 Å². The first-order valence-corrected chi connectivity index (χ1v) is 4.74. The third-order valence-electron chi connectivity index (χ3n) is 2.39. The maximum atomic E-state index is 13.1. The maximum Gasteiger partial charge on any atom is 0.227 e. The fraction of sp³-hybridized carbons (Fsp3) is 0.364. The van der Waals surface area contributed by atoms with Gasteiger partial charge in [0.15, 0.2) is 0 Å². The Morgan fingerprint density at radius 3 is 2.79 bits per heavy atom. The Kier molecular flexibility index (Phi) is 2.23. The summed E-state index contributed by atoms with van der Waals surface area (Å²) in [5.41, 5.74) is 1.14. The Hall–Kier alpha value is -1.38. The van der Waals surface area contributed by atoms with Gasteiger partial charge in [-0.1, -0.05) is 6.07 Å². The molecule has 0 aromatic heterocycles. The summed E-state index contributed by atoms with van der Waals surface area (Å²) < 4.78 is 13.1. The Labute approximate surface area is 82.1 Å². The number of carbonyl (C=O) groups is 1. The van der Waals surface area contributed by atoms with Gasteiger partial charge in [0.2, 0.25) is 5.91 Å². The molecule has 1 aliphatic rings. The summed E-state index contributed by atoms with van der Waals surface area (Å²) >= 11 is 0. The third-order valence-corrected chi connectivity index (χ3v) is 2.39. The monoisotopic (exact) mass is 193 g/mol. The van der Waals surface area contributed by atoms with Crippen LogP contribution in [-0.4, -0.2) is 5.91 Å². The van der Waals surface area contributed by atoms with E-state index in [4.69, 9.17) is 0 Å². The lowest BCUT2D eigenvalue weighted by Gasteiger charge is -2.04. The number of carbonyl (C=O) groups excluding carboxylic acids is 1. The molecule has 0 heterocycles. The zero-order chi connectivity index (χ0) is 10.1. The lowest BCUT2D eigenvalue weighted by Crippen LogP contribution is -2.13. The topological polar surface area (TPSA) is 29.1 Å². The van der Waals surface area contributed by atoms with Crippen molar-refractivity contribution >= 4 is 11.6 Å². The quantitative estimate of drug-likeness (QED) is 0.768. The number of hydrogen-bond donors (Lipinski definition) is 1. The predicted octanol–water partition coefficient (Wildman–Crippen LogP) is 2.48. The minimum atomic E-state index is -0.279. The molecule has 1 aliphatic carbocycles. The van der Waals surface area contributed by atoms with Gasteiger partial charge in [0.1, 0.15) is 5.82 Å². The minimum Gasteiger partial charge on any atom is -0.326 e. The van der Waals surface area contributed by atoms with Crippen molar-refractivity contribution in [3.8, 4) is 0 Å². The maximum absolute atomic E-state index is 13.1. The highest BCUT2D eigenvalue weighted by Gasteiger charge is 2.29. The van der Waals surface area contributed by atoms with E-state index >= 15 is 0 Å². The van der Waals surface area contributed by atoms with Crippen LogP contribution < -0.4 is 5.32 Å². The van der Waals surface area contributed by atoms with Gasteiger partial charge in [-0.2, -0.15) is 0 Å². The van der Waals surface area contributed by atoms with E-state index in [2.05, 4.69) is 5.32 Å². The fourth-order valence-electron chi connectivity index (χ4n) is 1.26. The Morgan fingerprint density at radius 2 is 2.21 bits per heavy atom. The molecule has 0 bridgehead atoms. The first kappa shape index (κ1) is 9.19. The van der Waals surface area contributed by atoms with Gasteiger partial charge in [-0.05, 0) is 37.5 Å². The van der Waals surface area contributed by atoms with E-state index in [1.165, 1.54) is 6.07 Å². The Balaban J connectivity index is 2.08. The molecule has 0 unspecified atom stereocenters. The van der Waals surface area contributed by atoms with Gasteiger partial charge < -0.3 is 5.32 Å². The van der Waals surface area contributed by atoms with Gasteiger partial charge >= 0.3 is 0 Å². The Bertz CT molecular complexity index is 372. The van der Waals surface area contributed by atoms with Crippen LogP contribution in [0.1, 0.15) is 18.4 Å². The number of rotatable bonds is 2. The van der Waals surface area contributed by atoms with Crippen LogP contribution in [0.15, 0.2) is 18.2 Å². The molecule has 1 aromatic rings. The van der Waals surface area contributed by atoms with E-state index in [-0.39, 0.29) is 17.6 Å². The molecule has 2 rings (SSSR count). The number of halogens is 1. The molecule has 0 atom stereocenters. The molecule has 0 spiro atoms. The lowest BCUT2D eigenvalue weighted by molar-refractivity contribution is -0.117. The van der Waals surface area contributed by atoms with Crippen molar-refractivity contribution in [3.63, 3.8) is 0 Å². The zero-order valence-electron chi connectivity index (χ0n) is 8.01. The highest BCUT2D eigenvalue weighted by atomic mass is 19.1. The summed E-state index contributed by atoms with van der Waals surface area (Å²) in [4.78, 5) is 11.3. The number of hydrogen-bond acceptors (Lipinski definition) is 1. The first-order valence-electron chi connectivity index (χ1n) is 4.74. The van der Waals surface area contributed by atoms with Crippen molar-refractivity contribution in [2.75, 3.05) is 5.32 Å².